The van der Waals surface area contributed by atoms with Gasteiger partial charge in [0.25, 0.3) is 5.91 Å². The predicted octanol–water partition coefficient (Wildman–Crippen LogP) is 2.70. The van der Waals surface area contributed by atoms with Gasteiger partial charge in [0.05, 0.1) is 0 Å². The maximum atomic E-state index is 12.2. The number of amides is 1. The summed E-state index contributed by atoms with van der Waals surface area (Å²) in [6.07, 6.45) is 2.32. The van der Waals surface area contributed by atoms with Crippen LogP contribution in [-0.2, 0) is 6.54 Å². The van der Waals surface area contributed by atoms with Crippen molar-refractivity contribution in [2.75, 3.05) is 40.8 Å². The lowest BCUT2D eigenvalue weighted by Gasteiger charge is -2.17. The maximum Gasteiger partial charge on any atom is 0.251 e. The zero-order valence-electron chi connectivity index (χ0n) is 17.3. The van der Waals surface area contributed by atoms with Crippen molar-refractivity contribution >= 4 is 35.8 Å². The number of halogens is 1. The summed E-state index contributed by atoms with van der Waals surface area (Å²) in [5, 5.41) is 9.63. The summed E-state index contributed by atoms with van der Waals surface area (Å²) in [7, 11) is 5.75. The molecule has 0 atom stereocenters. The molecule has 0 saturated carbocycles. The molecule has 3 N–H and O–H groups in total. The molecule has 0 unspecified atom stereocenters. The van der Waals surface area contributed by atoms with E-state index in [9.17, 15) is 4.79 Å². The van der Waals surface area contributed by atoms with E-state index in [2.05, 4.69) is 34.8 Å². The zero-order valence-corrected chi connectivity index (χ0v) is 19.7. The van der Waals surface area contributed by atoms with Gasteiger partial charge < -0.3 is 20.9 Å². The largest absolute Gasteiger partial charge is 0.356 e. The summed E-state index contributed by atoms with van der Waals surface area (Å²) in [4.78, 5) is 18.5. The second-order valence-electron chi connectivity index (χ2n) is 6.75. The number of nitrogens with one attached hydrogen (secondary N) is 3. The van der Waals surface area contributed by atoms with Gasteiger partial charge in [-0.1, -0.05) is 38.8 Å². The highest BCUT2D eigenvalue weighted by Crippen LogP contribution is 2.06. The lowest BCUT2D eigenvalue weighted by Crippen LogP contribution is -2.39. The van der Waals surface area contributed by atoms with E-state index >= 15 is 0 Å². The molecule has 0 heterocycles. The summed E-state index contributed by atoms with van der Waals surface area (Å²) in [6.45, 7) is 7.43. The molecule has 0 aliphatic carbocycles. The number of carbonyl (C=O) groups is 1. The van der Waals surface area contributed by atoms with E-state index < -0.39 is 0 Å². The van der Waals surface area contributed by atoms with Gasteiger partial charge in [-0.15, -0.1) is 24.0 Å². The maximum absolute atomic E-state index is 12.2. The van der Waals surface area contributed by atoms with Gasteiger partial charge >= 0.3 is 0 Å². The molecule has 0 saturated heterocycles. The van der Waals surface area contributed by atoms with E-state index in [1.165, 1.54) is 0 Å². The molecule has 0 aliphatic heterocycles. The number of rotatable bonds is 10. The Labute approximate surface area is 181 Å². The van der Waals surface area contributed by atoms with Crippen LogP contribution in [0, 0.1) is 5.92 Å². The summed E-state index contributed by atoms with van der Waals surface area (Å²) < 4.78 is 0. The number of guanidine groups is 1. The third-order valence-corrected chi connectivity index (χ3v) is 4.43. The van der Waals surface area contributed by atoms with Crippen LogP contribution in [0.2, 0.25) is 0 Å². The number of aliphatic imine (C=N–C) groups is 1. The van der Waals surface area contributed by atoms with Crippen LogP contribution in [0.3, 0.4) is 0 Å². The number of likely N-dealkylation sites (N-methyl/N-ethyl adjacent to an activating group) is 1. The highest BCUT2D eigenvalue weighted by molar-refractivity contribution is 14.0. The Morgan fingerprint density at radius 2 is 1.85 bits per heavy atom. The van der Waals surface area contributed by atoms with Crippen molar-refractivity contribution in [2.24, 2.45) is 10.9 Å². The number of nitrogens with zero attached hydrogens (tertiary/aromatic N) is 2. The van der Waals surface area contributed by atoms with Crippen molar-refractivity contribution in [3.8, 4) is 0 Å². The summed E-state index contributed by atoms with van der Waals surface area (Å²) in [6, 6.07) is 7.69. The van der Waals surface area contributed by atoms with Crippen molar-refractivity contribution in [1.82, 2.24) is 20.9 Å². The first-order valence-electron chi connectivity index (χ1n) is 9.46. The van der Waals surface area contributed by atoms with Crippen LogP contribution in [0.5, 0.6) is 0 Å². The third kappa shape index (κ3) is 10.5. The second kappa shape index (κ2) is 14.7. The van der Waals surface area contributed by atoms with Crippen molar-refractivity contribution in [2.45, 2.75) is 33.2 Å². The van der Waals surface area contributed by atoms with Crippen LogP contribution in [0.25, 0.3) is 0 Å². The van der Waals surface area contributed by atoms with E-state index in [1.807, 2.05) is 43.3 Å². The Morgan fingerprint density at radius 1 is 1.15 bits per heavy atom. The van der Waals surface area contributed by atoms with Crippen LogP contribution in [0.4, 0.5) is 0 Å². The molecule has 7 heteroatoms. The lowest BCUT2D eigenvalue weighted by atomic mass is 10.0. The zero-order chi connectivity index (χ0) is 19.4. The van der Waals surface area contributed by atoms with Gasteiger partial charge in [-0.05, 0) is 37.7 Å². The molecule has 1 aromatic rings. The van der Waals surface area contributed by atoms with Gasteiger partial charge in [-0.25, -0.2) is 0 Å². The molecule has 0 aromatic heterocycles. The molecule has 0 radical (unpaired) electrons. The highest BCUT2D eigenvalue weighted by Gasteiger charge is 2.07. The number of carbonyl (C=O) groups excluding carboxylic acids is 1. The van der Waals surface area contributed by atoms with Crippen LogP contribution < -0.4 is 16.0 Å². The Hall–Kier alpha value is -1.35. The van der Waals surface area contributed by atoms with Crippen molar-refractivity contribution in [3.05, 3.63) is 35.4 Å². The monoisotopic (exact) mass is 489 g/mol. The van der Waals surface area contributed by atoms with Crippen LogP contribution in [-0.4, -0.2) is 57.5 Å². The van der Waals surface area contributed by atoms with Crippen LogP contribution in [0.1, 0.15) is 42.6 Å². The fourth-order valence-electron chi connectivity index (χ4n) is 2.54. The summed E-state index contributed by atoms with van der Waals surface area (Å²) >= 11 is 0. The Morgan fingerprint density at radius 3 is 2.44 bits per heavy atom. The second-order valence-corrected chi connectivity index (χ2v) is 6.75. The molecule has 0 spiro atoms. The molecule has 0 aliphatic rings. The lowest BCUT2D eigenvalue weighted by molar-refractivity contribution is 0.0951. The fraction of sp³-hybridized carbons (Fsp3) is 0.600. The third-order valence-electron chi connectivity index (χ3n) is 4.43. The molecule has 0 bridgehead atoms. The SMILES string of the molecule is CCC(CC)CNC(=NC)NCc1cccc(C(=O)NCCN(C)C)c1.I. The molecule has 1 aromatic carbocycles. The number of hydrogen-bond donors (Lipinski definition) is 3. The van der Waals surface area contributed by atoms with E-state index in [0.717, 1.165) is 37.5 Å². The predicted molar refractivity (Wildman–Crippen MR) is 125 cm³/mol. The molecule has 1 rings (SSSR count). The van der Waals surface area contributed by atoms with Crippen molar-refractivity contribution < 1.29 is 4.79 Å². The van der Waals surface area contributed by atoms with Crippen molar-refractivity contribution in [3.63, 3.8) is 0 Å². The Kier molecular flexibility index (Phi) is 13.9. The molecular formula is C20H36IN5O. The Balaban J connectivity index is 0.00000676. The van der Waals surface area contributed by atoms with Gasteiger partial charge in [-0.2, -0.15) is 0 Å². The van der Waals surface area contributed by atoms with Gasteiger partial charge in [0, 0.05) is 38.8 Å². The summed E-state index contributed by atoms with van der Waals surface area (Å²) in [5.41, 5.74) is 1.73. The fourth-order valence-corrected chi connectivity index (χ4v) is 2.54. The number of hydrogen-bond acceptors (Lipinski definition) is 3. The quantitative estimate of drug-likeness (QED) is 0.269. The minimum absolute atomic E-state index is 0. The van der Waals surface area contributed by atoms with Crippen molar-refractivity contribution in [1.29, 1.82) is 0 Å². The minimum Gasteiger partial charge on any atom is -0.356 e. The smallest absolute Gasteiger partial charge is 0.251 e. The van der Waals surface area contributed by atoms with E-state index in [0.29, 0.717) is 24.6 Å². The molecule has 1 amide bonds. The number of benzene rings is 1. The average molecular weight is 489 g/mol. The van der Waals surface area contributed by atoms with E-state index in [-0.39, 0.29) is 29.9 Å². The first kappa shape index (κ1) is 25.6. The highest BCUT2D eigenvalue weighted by atomic mass is 127. The van der Waals surface area contributed by atoms with Crippen LogP contribution in [0.15, 0.2) is 29.3 Å². The minimum atomic E-state index is -0.0371. The van der Waals surface area contributed by atoms with Crippen LogP contribution >= 0.6 is 24.0 Å². The van der Waals surface area contributed by atoms with Gasteiger partial charge in [0.2, 0.25) is 0 Å². The Bertz CT molecular complexity index is 573. The topological polar surface area (TPSA) is 68.8 Å². The van der Waals surface area contributed by atoms with Gasteiger partial charge in [-0.3, -0.25) is 9.79 Å². The first-order chi connectivity index (χ1) is 12.5. The molecule has 154 valence electrons. The molecular weight excluding hydrogens is 453 g/mol. The first-order valence-corrected chi connectivity index (χ1v) is 9.46. The normalized spacial score (nSPS) is 11.3. The standard InChI is InChI=1S/C20H35N5O.HI/c1-6-16(7-2)14-23-20(21-3)24-15-17-9-8-10-18(13-17)19(26)22-11-12-25(4)5;/h8-10,13,16H,6-7,11-12,14-15H2,1-5H3,(H,22,26)(H2,21,23,24);1H. The van der Waals surface area contributed by atoms with E-state index in [4.69, 9.17) is 0 Å². The van der Waals surface area contributed by atoms with Gasteiger partial charge in [0.1, 0.15) is 0 Å². The van der Waals surface area contributed by atoms with Gasteiger partial charge in [0.15, 0.2) is 5.96 Å². The summed E-state index contributed by atoms with van der Waals surface area (Å²) in [5.74, 6) is 1.41. The van der Waals surface area contributed by atoms with E-state index in [1.54, 1.807) is 7.05 Å². The molecule has 0 fully saturated rings. The molecule has 27 heavy (non-hydrogen) atoms. The molecule has 6 nitrogen and oxygen atoms in total. The average Bonchev–Trinajstić information content (AvgIpc) is 2.64.